The predicted molar refractivity (Wildman–Crippen MR) is 129 cm³/mol. The van der Waals surface area contributed by atoms with Crippen molar-refractivity contribution in [2.24, 2.45) is 0 Å². The van der Waals surface area contributed by atoms with Gasteiger partial charge in [-0.05, 0) is 45.7 Å². The minimum Gasteiger partial charge on any atom is -0.493 e. The first-order chi connectivity index (χ1) is 17.1. The third-order valence-corrected chi connectivity index (χ3v) is 5.96. The Morgan fingerprint density at radius 1 is 1.17 bits per heavy atom. The molecule has 7 nitrogen and oxygen atoms in total. The summed E-state index contributed by atoms with van der Waals surface area (Å²) in [6.45, 7) is 4.13. The number of anilines is 1. The quantitative estimate of drug-likeness (QED) is 0.366. The van der Waals surface area contributed by atoms with Crippen LogP contribution in [0.3, 0.4) is 0 Å². The van der Waals surface area contributed by atoms with Gasteiger partial charge >= 0.3 is 0 Å². The molecule has 2 N–H and O–H groups in total. The highest BCUT2D eigenvalue weighted by Crippen LogP contribution is 2.37. The van der Waals surface area contributed by atoms with Gasteiger partial charge in [-0.3, -0.25) is 0 Å². The number of aliphatic hydroxyl groups excluding tert-OH is 1. The van der Waals surface area contributed by atoms with E-state index in [9.17, 15) is 8.78 Å². The van der Waals surface area contributed by atoms with E-state index in [0.29, 0.717) is 46.8 Å². The van der Waals surface area contributed by atoms with Crippen molar-refractivity contribution in [1.29, 1.82) is 0 Å². The number of aryl methyl sites for hydroxylation is 1. The Morgan fingerprint density at radius 2 is 1.92 bits per heavy atom. The van der Waals surface area contributed by atoms with Gasteiger partial charge in [0.1, 0.15) is 30.7 Å². The van der Waals surface area contributed by atoms with Crippen molar-refractivity contribution in [3.05, 3.63) is 53.1 Å². The number of aliphatic hydroxyl groups is 1. The molecule has 2 atom stereocenters. The summed E-state index contributed by atoms with van der Waals surface area (Å²) in [4.78, 5) is 8.94. The second kappa shape index (κ2) is 10.5. The normalized spacial score (nSPS) is 15.6. The monoisotopic (exact) mass is 505 g/mol. The van der Waals surface area contributed by atoms with Gasteiger partial charge in [0.15, 0.2) is 11.5 Å². The van der Waals surface area contributed by atoms with Gasteiger partial charge in [-0.2, -0.15) is 8.78 Å². The van der Waals surface area contributed by atoms with E-state index in [1.54, 1.807) is 26.0 Å². The Bertz CT molecular complexity index is 1240. The summed E-state index contributed by atoms with van der Waals surface area (Å²) in [5, 5.41) is 12.7. The van der Waals surface area contributed by atoms with Crippen LogP contribution in [0, 0.1) is 12.7 Å². The molecule has 1 aliphatic carbocycles. The molecule has 1 heterocycles. The molecule has 0 saturated heterocycles. The fourth-order valence-corrected chi connectivity index (χ4v) is 3.95. The second-order valence-electron chi connectivity index (χ2n) is 9.03. The predicted octanol–water partition coefficient (Wildman–Crippen LogP) is 5.29. The van der Waals surface area contributed by atoms with E-state index in [-0.39, 0.29) is 11.7 Å². The summed E-state index contributed by atoms with van der Waals surface area (Å²) in [5.74, 6) is -2.97. The second-order valence-corrected chi connectivity index (χ2v) is 9.03. The van der Waals surface area contributed by atoms with Crippen LogP contribution < -0.4 is 14.8 Å². The highest BCUT2D eigenvalue weighted by molar-refractivity contribution is 5.92. The molecule has 4 rings (SSSR count). The van der Waals surface area contributed by atoms with E-state index in [2.05, 4.69) is 15.3 Å². The van der Waals surface area contributed by atoms with Crippen molar-refractivity contribution in [2.75, 3.05) is 25.6 Å². The fraction of sp³-hybridized carbons (Fsp3) is 0.462. The van der Waals surface area contributed by atoms with E-state index in [1.165, 1.54) is 19.2 Å². The highest BCUT2D eigenvalue weighted by atomic mass is 19.3. The molecule has 0 spiro atoms. The van der Waals surface area contributed by atoms with Gasteiger partial charge in [0.25, 0.3) is 5.92 Å². The third kappa shape index (κ3) is 5.65. The maximum Gasteiger partial charge on any atom is 0.298 e. The van der Waals surface area contributed by atoms with E-state index in [4.69, 9.17) is 19.3 Å². The van der Waals surface area contributed by atoms with Gasteiger partial charge in [0.05, 0.1) is 36.4 Å². The minimum atomic E-state index is -3.69. The van der Waals surface area contributed by atoms with Gasteiger partial charge in [-0.25, -0.2) is 14.4 Å². The van der Waals surface area contributed by atoms with Crippen LogP contribution >= 0.6 is 0 Å². The van der Waals surface area contributed by atoms with E-state index >= 15 is 4.39 Å². The number of rotatable bonds is 11. The SMILES string of the molecule is COc1cc2nc(C)nc(N[C@H](C)c3cccc(C(F)(F)CO)c3F)c2cc1OC[C@@H](C)OC1CC1. The summed E-state index contributed by atoms with van der Waals surface area (Å²) < 4.78 is 60.4. The zero-order valence-corrected chi connectivity index (χ0v) is 20.6. The summed E-state index contributed by atoms with van der Waals surface area (Å²) in [6.07, 6.45) is 2.33. The molecule has 1 aliphatic rings. The number of fused-ring (bicyclic) bond motifs is 1. The molecule has 3 aromatic rings. The fourth-order valence-electron chi connectivity index (χ4n) is 3.95. The standard InChI is InChI=1S/C26H30F3N3O4/c1-14(36-17-8-9-17)12-35-23-10-19-21(11-22(23)34-4)31-16(3)32-25(19)30-15(2)18-6-5-7-20(24(18)27)26(28,29)13-33/h5-7,10-11,14-15,17,33H,8-9,12-13H2,1-4H3,(H,30,31,32)/t14-,15-/m1/s1. The number of alkyl halides is 2. The average Bonchev–Trinajstić information content (AvgIpc) is 3.66. The minimum absolute atomic E-state index is 0.0149. The van der Waals surface area contributed by atoms with Crippen molar-refractivity contribution in [2.45, 2.75) is 57.8 Å². The molecule has 2 aromatic carbocycles. The van der Waals surface area contributed by atoms with Crippen LogP contribution in [0.15, 0.2) is 30.3 Å². The summed E-state index contributed by atoms with van der Waals surface area (Å²) in [6, 6.07) is 6.45. The van der Waals surface area contributed by atoms with Crippen LogP contribution in [-0.2, 0) is 10.7 Å². The lowest BCUT2D eigenvalue weighted by atomic mass is 10.00. The molecule has 0 bridgehead atoms. The van der Waals surface area contributed by atoms with Crippen molar-refractivity contribution < 1.29 is 32.5 Å². The van der Waals surface area contributed by atoms with Crippen molar-refractivity contribution >= 4 is 16.7 Å². The largest absolute Gasteiger partial charge is 0.493 e. The number of hydrogen-bond donors (Lipinski definition) is 2. The number of nitrogens with one attached hydrogen (secondary N) is 1. The van der Waals surface area contributed by atoms with Crippen LogP contribution in [0.5, 0.6) is 11.5 Å². The first kappa shape index (κ1) is 26.0. The van der Waals surface area contributed by atoms with Gasteiger partial charge in [-0.1, -0.05) is 12.1 Å². The van der Waals surface area contributed by atoms with E-state index in [0.717, 1.165) is 18.9 Å². The Morgan fingerprint density at radius 3 is 2.58 bits per heavy atom. The molecule has 0 unspecified atom stereocenters. The number of ether oxygens (including phenoxy) is 3. The Balaban J connectivity index is 1.65. The summed E-state index contributed by atoms with van der Waals surface area (Å²) >= 11 is 0. The molecule has 0 aliphatic heterocycles. The maximum atomic E-state index is 15.0. The average molecular weight is 506 g/mol. The lowest BCUT2D eigenvalue weighted by Crippen LogP contribution is -2.22. The molecule has 194 valence electrons. The lowest BCUT2D eigenvalue weighted by molar-refractivity contribution is -0.0583. The Hall–Kier alpha value is -3.11. The Labute approximate surface area is 207 Å². The molecule has 36 heavy (non-hydrogen) atoms. The smallest absolute Gasteiger partial charge is 0.298 e. The van der Waals surface area contributed by atoms with Crippen molar-refractivity contribution in [3.8, 4) is 11.5 Å². The van der Waals surface area contributed by atoms with Crippen molar-refractivity contribution in [3.63, 3.8) is 0 Å². The van der Waals surface area contributed by atoms with Crippen LogP contribution in [0.2, 0.25) is 0 Å². The molecular weight excluding hydrogens is 475 g/mol. The summed E-state index contributed by atoms with van der Waals surface area (Å²) in [7, 11) is 1.53. The van der Waals surface area contributed by atoms with Crippen molar-refractivity contribution in [1.82, 2.24) is 9.97 Å². The topological polar surface area (TPSA) is 85.7 Å². The maximum absolute atomic E-state index is 15.0. The lowest BCUT2D eigenvalue weighted by Gasteiger charge is -2.21. The number of halogens is 3. The molecule has 1 fully saturated rings. The Kier molecular flexibility index (Phi) is 7.56. The van der Waals surface area contributed by atoms with Gasteiger partial charge < -0.3 is 24.6 Å². The van der Waals surface area contributed by atoms with Crippen LogP contribution in [-0.4, -0.2) is 47.6 Å². The van der Waals surface area contributed by atoms with Crippen LogP contribution in [0.1, 0.15) is 49.7 Å². The molecule has 1 aromatic heterocycles. The number of aromatic nitrogens is 2. The highest BCUT2D eigenvalue weighted by Gasteiger charge is 2.35. The van der Waals surface area contributed by atoms with Gasteiger partial charge in [0.2, 0.25) is 0 Å². The zero-order valence-electron chi connectivity index (χ0n) is 20.6. The molecule has 10 heteroatoms. The molecular formula is C26H30F3N3O4. The van der Waals surface area contributed by atoms with E-state index < -0.39 is 30.0 Å². The van der Waals surface area contributed by atoms with Crippen LogP contribution in [0.25, 0.3) is 10.9 Å². The number of nitrogens with zero attached hydrogens (tertiary/aromatic N) is 2. The molecule has 0 amide bonds. The summed E-state index contributed by atoms with van der Waals surface area (Å²) in [5.41, 5.74) is -0.270. The van der Waals surface area contributed by atoms with Gasteiger partial charge in [0, 0.05) is 17.0 Å². The van der Waals surface area contributed by atoms with E-state index in [1.807, 2.05) is 6.92 Å². The number of benzene rings is 2. The molecule has 0 radical (unpaired) electrons. The number of methoxy groups -OCH3 is 1. The first-order valence-electron chi connectivity index (χ1n) is 11.8. The molecule has 1 saturated carbocycles. The first-order valence-corrected chi connectivity index (χ1v) is 11.8. The third-order valence-electron chi connectivity index (χ3n) is 5.96. The zero-order chi connectivity index (χ0) is 26.0. The van der Waals surface area contributed by atoms with Gasteiger partial charge in [-0.15, -0.1) is 0 Å². The number of hydrogen-bond acceptors (Lipinski definition) is 7. The van der Waals surface area contributed by atoms with Crippen LogP contribution in [0.4, 0.5) is 19.0 Å².